The Hall–Kier alpha value is 0.299. The Bertz CT molecular complexity index is 21.2. The van der Waals surface area contributed by atoms with E-state index < -0.39 is 0 Å². The van der Waals surface area contributed by atoms with Gasteiger partial charge < -0.3 is 5.40 Å². The van der Waals surface area contributed by atoms with Gasteiger partial charge in [0.25, 0.3) is 0 Å². The van der Waals surface area contributed by atoms with Gasteiger partial charge in [0, 0.05) is 0 Å². The molecule has 2 N–H and O–H groups in total. The predicted octanol–water partition coefficient (Wildman–Crippen LogP) is -1.73. The van der Waals surface area contributed by atoms with E-state index in [1.54, 1.807) is 0 Å². The molecule has 4 radical (unpaired) electrons. The molecule has 0 saturated carbocycles. The number of hydrogen-bond donors (Lipinski definition) is 1. The zero-order chi connectivity index (χ0) is 3.41. The summed E-state index contributed by atoms with van der Waals surface area (Å²) in [7, 11) is 5.83. The monoisotopic (exact) mass is 83.0 g/mol. The first-order valence-corrected chi connectivity index (χ1v) is 3.98. The van der Waals surface area contributed by atoms with Crippen LogP contribution in [0.1, 0.15) is 0 Å². The zero-order valence-electron chi connectivity index (χ0n) is 2.15. The highest BCUT2D eigenvalue weighted by molar-refractivity contribution is 7.02. The van der Waals surface area contributed by atoms with Crippen LogP contribution in [0.3, 0.4) is 0 Å². The molecule has 0 aliphatic heterocycles. The molecule has 0 amide bonds. The first kappa shape index (κ1) is 4.30. The summed E-state index contributed by atoms with van der Waals surface area (Å²) in [6, 6.07) is 0. The Morgan fingerprint density at radius 2 is 2.00 bits per heavy atom. The topological polar surface area (TPSA) is 26.0 Å². The molecular formula is H2BNSi2. The molecule has 0 saturated heterocycles. The van der Waals surface area contributed by atoms with Gasteiger partial charge in [-0.1, -0.05) is 0 Å². The smallest absolute Gasteiger partial charge is 0.106 e. The highest BCUT2D eigenvalue weighted by atomic mass is 28.9. The molecule has 0 aromatic rings. The minimum absolute atomic E-state index is 0.446. The van der Waals surface area contributed by atoms with E-state index in [4.69, 9.17) is 12.8 Å². The average Bonchev–Trinajstić information content (AvgIpc) is 1.37. The van der Waals surface area contributed by atoms with Crippen molar-refractivity contribution in [2.24, 2.45) is 5.40 Å². The zero-order valence-corrected chi connectivity index (χ0v) is 4.15. The lowest BCUT2D eigenvalue weighted by Gasteiger charge is -1.48. The van der Waals surface area contributed by atoms with Crippen LogP contribution in [0.4, 0.5) is 0 Å². The predicted molar refractivity (Wildman–Crippen MR) is 21.4 cm³/mol. The molecule has 0 fully saturated rings. The third-order valence-corrected chi connectivity index (χ3v) is 0.750. The number of hydrogen-bond acceptors (Lipinski definition) is 1. The Morgan fingerprint density at radius 1 is 1.75 bits per heavy atom. The van der Waals surface area contributed by atoms with Gasteiger partial charge in [0.15, 0.2) is 0 Å². The fourth-order valence-corrected chi connectivity index (χ4v) is 0. The lowest BCUT2D eigenvalue weighted by atomic mass is 10.8. The minimum Gasteiger partial charge on any atom is -0.436 e. The second-order valence-corrected chi connectivity index (χ2v) is 2.60. The lowest BCUT2D eigenvalue weighted by Crippen LogP contribution is -1.96. The molecule has 4 heteroatoms. The molecule has 0 bridgehead atoms. The van der Waals surface area contributed by atoms with E-state index in [9.17, 15) is 0 Å². The van der Waals surface area contributed by atoms with Crippen molar-refractivity contribution in [3.63, 3.8) is 0 Å². The average molecular weight is 83.0 g/mol. The van der Waals surface area contributed by atoms with E-state index >= 15 is 0 Å². The fourth-order valence-electron chi connectivity index (χ4n) is 0. The van der Waals surface area contributed by atoms with Crippen molar-refractivity contribution in [1.82, 2.24) is 0 Å². The second kappa shape index (κ2) is 3.30. The van der Waals surface area contributed by atoms with E-state index in [0.717, 1.165) is 0 Å². The molecule has 18 valence electrons. The fraction of sp³-hybridized carbons (Fsp3) is 0. The van der Waals surface area contributed by atoms with Crippen molar-refractivity contribution in [3.05, 3.63) is 0 Å². The number of nitrogens with two attached hydrogens (primary N) is 1. The molecule has 0 rings (SSSR count). The maximum atomic E-state index is 4.94. The highest BCUT2D eigenvalue weighted by Gasteiger charge is 1.40. The molecule has 1 nitrogen and oxygen atoms in total. The largest absolute Gasteiger partial charge is 0.436 e. The van der Waals surface area contributed by atoms with Crippen LogP contribution in [0.25, 0.3) is 0 Å². The third kappa shape index (κ3) is 2.30. The Kier molecular flexibility index (Phi) is 3.55. The summed E-state index contributed by atoms with van der Waals surface area (Å²) in [5, 5.41) is 4.94. The van der Waals surface area contributed by atoms with Crippen LogP contribution >= 0.6 is 0 Å². The van der Waals surface area contributed by atoms with Gasteiger partial charge in [-0.3, -0.25) is 0 Å². The Morgan fingerprint density at radius 3 is 2.00 bits per heavy atom. The normalized spacial score (nSPS) is 9.00. The summed E-state index contributed by atoms with van der Waals surface area (Å²) >= 11 is 0. The van der Waals surface area contributed by atoms with E-state index in [-0.39, 0.29) is 0 Å². The summed E-state index contributed by atoms with van der Waals surface area (Å²) < 4.78 is 0. The van der Waals surface area contributed by atoms with Crippen molar-refractivity contribution in [2.75, 3.05) is 0 Å². The van der Waals surface area contributed by atoms with Gasteiger partial charge in [0.2, 0.25) is 0 Å². The summed E-state index contributed by atoms with van der Waals surface area (Å²) in [5.74, 6) is 0. The van der Waals surface area contributed by atoms with E-state index in [1.165, 1.54) is 0 Å². The number of rotatable bonds is 0. The van der Waals surface area contributed by atoms with Crippen LogP contribution in [0.5, 0.6) is 0 Å². The van der Waals surface area contributed by atoms with Crippen molar-refractivity contribution < 1.29 is 0 Å². The van der Waals surface area contributed by atoms with Gasteiger partial charge in [-0.2, -0.15) is 0 Å². The van der Waals surface area contributed by atoms with E-state index in [1.807, 2.05) is 0 Å². The van der Waals surface area contributed by atoms with Crippen LogP contribution in [-0.2, 0) is 0 Å². The molecular weight excluding hydrogens is 81.0 g/mol. The molecule has 0 aromatic carbocycles. The molecule has 0 aromatic heterocycles. The molecule has 0 spiro atoms. The van der Waals surface area contributed by atoms with Crippen molar-refractivity contribution in [3.8, 4) is 0 Å². The highest BCUT2D eigenvalue weighted by Crippen LogP contribution is 0.963. The van der Waals surface area contributed by atoms with Crippen LogP contribution in [0.15, 0.2) is 0 Å². The Labute approximate surface area is 31.0 Å². The molecule has 0 heterocycles. The standard InChI is InChI=1S/BH2NSi2/c1-3-4-2/h2H2. The quantitative estimate of drug-likeness (QED) is 0.346. The maximum Gasteiger partial charge on any atom is 0.106 e. The van der Waals surface area contributed by atoms with Gasteiger partial charge in [-0.05, 0) is 8.48 Å². The van der Waals surface area contributed by atoms with Crippen molar-refractivity contribution in [2.45, 2.75) is 0 Å². The summed E-state index contributed by atoms with van der Waals surface area (Å²) in [4.78, 5) is 0. The maximum absolute atomic E-state index is 4.94. The van der Waals surface area contributed by atoms with Crippen LogP contribution in [-0.4, -0.2) is 24.7 Å². The SMILES string of the molecule is [B][Si]=[Si]N. The van der Waals surface area contributed by atoms with Gasteiger partial charge >= 0.3 is 0 Å². The molecule has 0 unspecified atom stereocenters. The van der Waals surface area contributed by atoms with Gasteiger partial charge in [0.1, 0.15) is 8.77 Å². The molecule has 4 heavy (non-hydrogen) atoms. The van der Waals surface area contributed by atoms with Gasteiger partial charge in [0.05, 0.1) is 7.44 Å². The van der Waals surface area contributed by atoms with E-state index in [2.05, 4.69) is 0 Å². The summed E-state index contributed by atoms with van der Waals surface area (Å²) in [6.07, 6.45) is 0. The first-order valence-electron chi connectivity index (χ1n) is 0.827. The van der Waals surface area contributed by atoms with Crippen molar-refractivity contribution >= 4 is 24.7 Å². The summed E-state index contributed by atoms with van der Waals surface area (Å²) in [5.41, 5.74) is 0. The van der Waals surface area contributed by atoms with E-state index in [0.29, 0.717) is 17.3 Å². The second-order valence-electron chi connectivity index (χ2n) is 0.289. The van der Waals surface area contributed by atoms with Gasteiger partial charge in [-0.15, -0.1) is 0 Å². The van der Waals surface area contributed by atoms with Crippen molar-refractivity contribution in [1.29, 1.82) is 0 Å². The minimum atomic E-state index is 0.446. The molecule has 0 aliphatic rings. The van der Waals surface area contributed by atoms with Crippen LogP contribution < -0.4 is 5.40 Å². The molecule has 0 atom stereocenters. The van der Waals surface area contributed by atoms with Gasteiger partial charge in [-0.25, -0.2) is 0 Å². The Balaban J connectivity index is 2.55. The lowest BCUT2D eigenvalue weighted by molar-refractivity contribution is 1.99. The van der Waals surface area contributed by atoms with Crippen LogP contribution in [0, 0.1) is 0 Å². The van der Waals surface area contributed by atoms with Crippen LogP contribution in [0.2, 0.25) is 0 Å². The first-order chi connectivity index (χ1) is 1.91. The molecule has 0 aliphatic carbocycles. The summed E-state index contributed by atoms with van der Waals surface area (Å²) in [6.45, 7) is 0. The third-order valence-electron chi connectivity index (χ3n) is 0.0833.